The van der Waals surface area contributed by atoms with Crippen molar-refractivity contribution in [2.24, 2.45) is 0 Å². The molecule has 0 bridgehead atoms. The van der Waals surface area contributed by atoms with E-state index in [-0.39, 0.29) is 18.3 Å². The van der Waals surface area contributed by atoms with Gasteiger partial charge < -0.3 is 19.4 Å². The van der Waals surface area contributed by atoms with Crippen molar-refractivity contribution in [1.29, 1.82) is 0 Å². The second kappa shape index (κ2) is 12.6. The number of aryl methyl sites for hydroxylation is 3. The number of unbranched alkanes of at least 4 members (excludes halogenated alkanes) is 6. The summed E-state index contributed by atoms with van der Waals surface area (Å²) >= 11 is 3.32. The Hall–Kier alpha value is -0.630. The van der Waals surface area contributed by atoms with E-state index in [0.29, 0.717) is 4.78 Å². The molecule has 2 aromatic heterocycles. The highest BCUT2D eigenvalue weighted by Crippen LogP contribution is 2.37. The summed E-state index contributed by atoms with van der Waals surface area (Å²) in [6, 6.07) is 4.28. The zero-order valence-corrected chi connectivity index (χ0v) is 23.3. The lowest BCUT2D eigenvalue weighted by molar-refractivity contribution is 0.00578. The first-order chi connectivity index (χ1) is 16.1. The maximum absolute atomic E-state index is 9.26. The summed E-state index contributed by atoms with van der Waals surface area (Å²) in [4.78, 5) is 1.51. The first-order valence-electron chi connectivity index (χ1n) is 13.0. The van der Waals surface area contributed by atoms with Gasteiger partial charge in [-0.1, -0.05) is 39.0 Å². The summed E-state index contributed by atoms with van der Waals surface area (Å²) in [5.41, 5.74) is 2.11. The zero-order chi connectivity index (χ0) is 24.8. The van der Waals surface area contributed by atoms with Crippen molar-refractivity contribution >= 4 is 46.5 Å². The number of hydrogen-bond donors (Lipinski definition) is 2. The quantitative estimate of drug-likeness (QED) is 0.272. The molecule has 0 amide bonds. The van der Waals surface area contributed by atoms with E-state index in [2.05, 4.69) is 40.7 Å². The fourth-order valence-electron chi connectivity index (χ4n) is 4.36. The van der Waals surface area contributed by atoms with Gasteiger partial charge in [0.2, 0.25) is 0 Å². The van der Waals surface area contributed by atoms with Crippen LogP contribution < -0.4 is 9.55 Å². The van der Waals surface area contributed by atoms with Crippen LogP contribution in [-0.4, -0.2) is 35.5 Å². The molecule has 2 N–H and O–H groups in total. The van der Waals surface area contributed by atoms with Crippen molar-refractivity contribution in [3.05, 3.63) is 33.5 Å². The second-order valence-electron chi connectivity index (χ2n) is 10.6. The predicted octanol–water partition coefficient (Wildman–Crippen LogP) is 5.26. The third-order valence-electron chi connectivity index (χ3n) is 7.25. The molecule has 0 saturated carbocycles. The van der Waals surface area contributed by atoms with Gasteiger partial charge in [0, 0.05) is 14.4 Å². The largest absolute Gasteiger partial charge is 0.505 e. The fraction of sp³-hybridized carbons (Fsp3) is 0.692. The van der Waals surface area contributed by atoms with Crippen molar-refractivity contribution in [3.8, 4) is 0 Å². The van der Waals surface area contributed by atoms with Crippen LogP contribution in [0.15, 0.2) is 17.5 Å². The molecule has 0 unspecified atom stereocenters. The maximum Gasteiger partial charge on any atom is 0.505 e. The summed E-state index contributed by atoms with van der Waals surface area (Å²) in [5.74, 6) is 0. The van der Waals surface area contributed by atoms with Gasteiger partial charge in [0.25, 0.3) is 0 Å². The van der Waals surface area contributed by atoms with Crippen molar-refractivity contribution in [3.63, 3.8) is 0 Å². The van der Waals surface area contributed by atoms with E-state index in [0.717, 1.165) is 25.7 Å². The molecule has 3 rings (SSSR count). The fourth-order valence-corrected chi connectivity index (χ4v) is 6.39. The Morgan fingerprint density at radius 3 is 2.09 bits per heavy atom. The van der Waals surface area contributed by atoms with Crippen LogP contribution in [-0.2, 0) is 28.6 Å². The Balaban J connectivity index is 1.51. The Morgan fingerprint density at radius 1 is 0.853 bits per heavy atom. The summed E-state index contributed by atoms with van der Waals surface area (Å²) in [6.45, 7) is 10.7. The molecule has 0 aliphatic carbocycles. The van der Waals surface area contributed by atoms with Crippen LogP contribution in [0.4, 0.5) is 0 Å². The molecular formula is C26H42B2O4S2. The van der Waals surface area contributed by atoms with Gasteiger partial charge in [-0.15, -0.1) is 11.3 Å². The molecule has 1 aliphatic rings. The van der Waals surface area contributed by atoms with Gasteiger partial charge in [-0.25, -0.2) is 0 Å². The average Bonchev–Trinajstić information content (AvgIpc) is 3.45. The minimum Gasteiger partial charge on any atom is -0.423 e. The predicted molar refractivity (Wildman–Crippen MR) is 148 cm³/mol. The van der Waals surface area contributed by atoms with E-state index in [1.165, 1.54) is 77.1 Å². The van der Waals surface area contributed by atoms with Crippen LogP contribution in [0.3, 0.4) is 0 Å². The topological polar surface area (TPSA) is 58.9 Å². The summed E-state index contributed by atoms with van der Waals surface area (Å²) in [7, 11) is -1.60. The lowest BCUT2D eigenvalue weighted by Crippen LogP contribution is -2.41. The van der Waals surface area contributed by atoms with Gasteiger partial charge in [0.1, 0.15) is 0 Å². The summed E-state index contributed by atoms with van der Waals surface area (Å²) in [5, 5.41) is 20.6. The number of rotatable bonds is 14. The molecule has 0 spiro atoms. The first-order valence-corrected chi connectivity index (χ1v) is 14.7. The zero-order valence-electron chi connectivity index (χ0n) is 21.7. The highest BCUT2D eigenvalue weighted by Gasteiger charge is 2.52. The molecule has 0 aromatic carbocycles. The molecule has 3 heterocycles. The molecule has 1 aliphatic heterocycles. The monoisotopic (exact) mass is 504 g/mol. The van der Waals surface area contributed by atoms with Gasteiger partial charge in [-0.3, -0.25) is 0 Å². The molecule has 4 nitrogen and oxygen atoms in total. The number of thiophene rings is 2. The third-order valence-corrected chi connectivity index (χ3v) is 9.53. The molecule has 0 atom stereocenters. The lowest BCUT2D eigenvalue weighted by atomic mass is 9.87. The van der Waals surface area contributed by atoms with Gasteiger partial charge in [0.15, 0.2) is 0 Å². The highest BCUT2D eigenvalue weighted by molar-refractivity contribution is 7.22. The number of hydrogen-bond acceptors (Lipinski definition) is 6. The summed E-state index contributed by atoms with van der Waals surface area (Å²) < 4.78 is 14.5. The van der Waals surface area contributed by atoms with E-state index in [9.17, 15) is 10.0 Å². The first kappa shape index (κ1) is 27.9. The van der Waals surface area contributed by atoms with E-state index in [4.69, 9.17) is 9.31 Å². The van der Waals surface area contributed by atoms with Gasteiger partial charge in [0.05, 0.1) is 11.2 Å². The van der Waals surface area contributed by atoms with Crippen LogP contribution in [0.5, 0.6) is 0 Å². The van der Waals surface area contributed by atoms with Gasteiger partial charge >= 0.3 is 14.2 Å². The van der Waals surface area contributed by atoms with Crippen molar-refractivity contribution in [1.82, 2.24) is 0 Å². The average molecular weight is 504 g/mol. The van der Waals surface area contributed by atoms with Gasteiger partial charge in [-0.05, 0) is 94.9 Å². The van der Waals surface area contributed by atoms with Crippen LogP contribution in [0, 0.1) is 0 Å². The van der Waals surface area contributed by atoms with Crippen LogP contribution >= 0.6 is 22.7 Å². The van der Waals surface area contributed by atoms with E-state index in [1.807, 2.05) is 22.8 Å². The second-order valence-corrected chi connectivity index (χ2v) is 12.8. The normalized spacial score (nSPS) is 17.0. The molecule has 1 fully saturated rings. The molecule has 1 saturated heterocycles. The van der Waals surface area contributed by atoms with Crippen molar-refractivity contribution in [2.45, 2.75) is 116 Å². The Kier molecular flexibility index (Phi) is 10.3. The SMILES string of the molecule is CCCCCCc1cc(B2OC(C)(C)C(C)(C)O2)sc1CCCCCCc1csc(B(O)O)c1. The van der Waals surface area contributed by atoms with Crippen LogP contribution in [0.25, 0.3) is 0 Å². The summed E-state index contributed by atoms with van der Waals surface area (Å²) in [6.07, 6.45) is 13.2. The smallest absolute Gasteiger partial charge is 0.423 e. The minimum absolute atomic E-state index is 0.258. The molecular weight excluding hydrogens is 462 g/mol. The standard InChI is InChI=1S/C26H42B2O4S2/c1-6-7-8-12-15-21-18-24(28-31-25(2,3)26(4,5)32-28)34-22(21)16-13-10-9-11-14-20-17-23(27(29)30)33-19-20/h17-19,29-30H,6-16H2,1-5H3. The van der Waals surface area contributed by atoms with E-state index < -0.39 is 7.12 Å². The van der Waals surface area contributed by atoms with E-state index >= 15 is 0 Å². The Bertz CT molecular complexity index is 875. The Morgan fingerprint density at radius 2 is 1.47 bits per heavy atom. The molecule has 8 heteroatoms. The van der Waals surface area contributed by atoms with E-state index in [1.54, 1.807) is 0 Å². The van der Waals surface area contributed by atoms with Gasteiger partial charge in [-0.2, -0.15) is 11.3 Å². The molecule has 0 radical (unpaired) electrons. The lowest BCUT2D eigenvalue weighted by Gasteiger charge is -2.32. The minimum atomic E-state index is -1.34. The highest BCUT2D eigenvalue weighted by atomic mass is 32.1. The maximum atomic E-state index is 9.26. The third kappa shape index (κ3) is 7.44. The van der Waals surface area contributed by atoms with Crippen LogP contribution in [0.2, 0.25) is 0 Å². The molecule has 2 aromatic rings. The molecule has 34 heavy (non-hydrogen) atoms. The molecule has 188 valence electrons. The van der Waals surface area contributed by atoms with Crippen molar-refractivity contribution in [2.75, 3.05) is 0 Å². The van der Waals surface area contributed by atoms with Crippen molar-refractivity contribution < 1.29 is 19.4 Å². The Labute approximate surface area is 215 Å². The van der Waals surface area contributed by atoms with Crippen LogP contribution in [0.1, 0.15) is 102 Å².